The monoisotopic (exact) mass is 356 g/mol. The van der Waals surface area contributed by atoms with Crippen molar-refractivity contribution in [3.8, 4) is 0 Å². The van der Waals surface area contributed by atoms with E-state index in [1.807, 2.05) is 49.1 Å². The van der Waals surface area contributed by atoms with Crippen molar-refractivity contribution in [1.82, 2.24) is 0 Å². The van der Waals surface area contributed by atoms with Gasteiger partial charge < -0.3 is 9.11 Å². The van der Waals surface area contributed by atoms with Crippen LogP contribution in [0.1, 0.15) is 0 Å². The number of fused-ring (bicyclic) bond motifs is 2. The first-order valence-electron chi connectivity index (χ1n) is 7.30. The second-order valence-electron chi connectivity index (χ2n) is 4.95. The van der Waals surface area contributed by atoms with Gasteiger partial charge in [0.2, 0.25) is 0 Å². The van der Waals surface area contributed by atoms with Crippen LogP contribution in [0.4, 0.5) is 0 Å². The largest absolute Gasteiger partial charge is 0.759 e. The number of pyridine rings is 2. The van der Waals surface area contributed by atoms with Gasteiger partial charge in [-0.1, -0.05) is 36.4 Å². The number of aromatic amines is 2. The van der Waals surface area contributed by atoms with Crippen LogP contribution in [0.3, 0.4) is 0 Å². The highest BCUT2D eigenvalue weighted by Crippen LogP contribution is 2.08. The smallest absolute Gasteiger partial charge is 0.174 e. The Labute approximate surface area is 145 Å². The maximum atomic E-state index is 8.52. The Hall–Kier alpha value is -2.87. The molecule has 0 aliphatic rings. The summed E-state index contributed by atoms with van der Waals surface area (Å²) in [5, 5.41) is 5.07. The lowest BCUT2D eigenvalue weighted by molar-refractivity contribution is -0.376. The highest BCUT2D eigenvalue weighted by Gasteiger charge is 1.91. The van der Waals surface area contributed by atoms with Crippen LogP contribution in [-0.2, 0) is 10.4 Å². The molecule has 0 aliphatic heterocycles. The van der Waals surface area contributed by atoms with Gasteiger partial charge in [-0.2, -0.15) is 0 Å². The summed E-state index contributed by atoms with van der Waals surface area (Å²) in [6.45, 7) is 0. The quantitative estimate of drug-likeness (QED) is 0.354. The topological polar surface area (TPSA) is 109 Å². The molecule has 0 bridgehead atoms. The fourth-order valence-electron chi connectivity index (χ4n) is 2.14. The lowest BCUT2D eigenvalue weighted by Gasteiger charge is -2.06. The molecule has 2 heterocycles. The molecule has 0 fully saturated rings. The van der Waals surface area contributed by atoms with Gasteiger partial charge in [0.05, 0.1) is 0 Å². The van der Waals surface area contributed by atoms with Crippen LogP contribution in [0.5, 0.6) is 0 Å². The van der Waals surface area contributed by atoms with Crippen molar-refractivity contribution in [3.05, 3.63) is 85.5 Å². The fourth-order valence-corrected chi connectivity index (χ4v) is 2.14. The van der Waals surface area contributed by atoms with E-state index in [1.165, 1.54) is 21.5 Å². The van der Waals surface area contributed by atoms with E-state index >= 15 is 0 Å². The predicted molar refractivity (Wildman–Crippen MR) is 91.5 cm³/mol. The molecule has 7 heteroatoms. The number of H-pyrrole nitrogens is 2. The Morgan fingerprint density at radius 3 is 1.24 bits per heavy atom. The average Bonchev–Trinajstić information content (AvgIpc) is 2.61. The molecule has 0 aliphatic carbocycles. The SMILES string of the molecule is O=S(=O)([O-])[O-].c1ccc2c[nH+]ccc2c1.c1ccc2c[nH+]ccc2c1. The van der Waals surface area contributed by atoms with Crippen molar-refractivity contribution >= 4 is 31.9 Å². The summed E-state index contributed by atoms with van der Waals surface area (Å²) in [4.78, 5) is 6.07. The van der Waals surface area contributed by atoms with E-state index in [0.717, 1.165) is 0 Å². The first-order valence-corrected chi connectivity index (χ1v) is 8.63. The van der Waals surface area contributed by atoms with Gasteiger partial charge in [0.15, 0.2) is 24.8 Å². The van der Waals surface area contributed by atoms with Gasteiger partial charge >= 0.3 is 0 Å². The zero-order valence-electron chi connectivity index (χ0n) is 13.1. The van der Waals surface area contributed by atoms with Gasteiger partial charge in [0.1, 0.15) is 0 Å². The van der Waals surface area contributed by atoms with Crippen molar-refractivity contribution in [2.24, 2.45) is 0 Å². The Morgan fingerprint density at radius 2 is 0.920 bits per heavy atom. The highest BCUT2D eigenvalue weighted by molar-refractivity contribution is 7.79. The van der Waals surface area contributed by atoms with Gasteiger partial charge in [0, 0.05) is 33.3 Å². The molecule has 0 saturated heterocycles. The lowest BCUT2D eigenvalue weighted by atomic mass is 10.2. The first kappa shape index (κ1) is 18.5. The minimum atomic E-state index is -5.17. The minimum absolute atomic E-state index is 1.25. The number of aromatic nitrogens is 2. The molecular formula is C18H16N2O4S. The summed E-state index contributed by atoms with van der Waals surface area (Å²) < 4.78 is 34.1. The lowest BCUT2D eigenvalue weighted by Crippen LogP contribution is -1.96. The van der Waals surface area contributed by atoms with Gasteiger partial charge in [-0.3, -0.25) is 8.42 Å². The number of rotatable bonds is 0. The molecule has 4 aromatic rings. The van der Waals surface area contributed by atoms with Crippen molar-refractivity contribution in [2.75, 3.05) is 0 Å². The zero-order chi connectivity index (χ0) is 18.1. The summed E-state index contributed by atoms with van der Waals surface area (Å²) in [5.74, 6) is 0. The van der Waals surface area contributed by atoms with Gasteiger partial charge in [-0.05, 0) is 22.9 Å². The van der Waals surface area contributed by atoms with Crippen LogP contribution in [0.15, 0.2) is 85.5 Å². The van der Waals surface area contributed by atoms with E-state index in [2.05, 4.69) is 46.4 Å². The summed E-state index contributed by atoms with van der Waals surface area (Å²) in [7, 11) is -5.17. The van der Waals surface area contributed by atoms with Crippen LogP contribution in [-0.4, -0.2) is 17.5 Å². The number of hydrogen-bond acceptors (Lipinski definition) is 4. The maximum Gasteiger partial charge on any atom is 0.174 e. The Bertz CT molecular complexity index is 843. The van der Waals surface area contributed by atoms with E-state index in [1.54, 1.807) is 0 Å². The van der Waals surface area contributed by atoms with E-state index in [4.69, 9.17) is 17.5 Å². The average molecular weight is 356 g/mol. The molecule has 2 N–H and O–H groups in total. The highest BCUT2D eigenvalue weighted by atomic mass is 32.3. The molecule has 2 aromatic carbocycles. The number of benzene rings is 2. The van der Waals surface area contributed by atoms with E-state index in [-0.39, 0.29) is 0 Å². The maximum absolute atomic E-state index is 8.52. The van der Waals surface area contributed by atoms with Crippen molar-refractivity contribution in [2.45, 2.75) is 0 Å². The van der Waals surface area contributed by atoms with Crippen molar-refractivity contribution in [1.29, 1.82) is 0 Å². The summed E-state index contributed by atoms with van der Waals surface area (Å²) in [5.41, 5.74) is 0. The third-order valence-corrected chi connectivity index (χ3v) is 3.19. The third kappa shape index (κ3) is 7.05. The molecule has 0 atom stereocenters. The van der Waals surface area contributed by atoms with Gasteiger partial charge in [-0.15, -0.1) is 0 Å². The molecule has 0 unspecified atom stereocenters. The number of hydrogen-bond donors (Lipinski definition) is 0. The first-order chi connectivity index (χ1) is 11.9. The molecule has 0 spiro atoms. The Balaban J connectivity index is 0.000000144. The molecular weight excluding hydrogens is 340 g/mol. The van der Waals surface area contributed by atoms with E-state index < -0.39 is 10.4 Å². The standard InChI is InChI=1S/2C9H7N.H2O4S/c2*1-2-4-9-7-10-6-5-8(9)3-1;1-5(2,3)4/h2*1-7H;(H2,1,2,3,4). The summed E-state index contributed by atoms with van der Waals surface area (Å²) in [6, 6.07) is 20.7. The fraction of sp³-hybridized carbons (Fsp3) is 0. The molecule has 0 amide bonds. The van der Waals surface area contributed by atoms with Crippen LogP contribution in [0, 0.1) is 0 Å². The second-order valence-corrected chi connectivity index (χ2v) is 5.77. The van der Waals surface area contributed by atoms with Gasteiger partial charge in [0.25, 0.3) is 0 Å². The van der Waals surface area contributed by atoms with Crippen LogP contribution >= 0.6 is 0 Å². The Morgan fingerprint density at radius 1 is 0.600 bits per heavy atom. The molecule has 0 radical (unpaired) electrons. The zero-order valence-corrected chi connectivity index (χ0v) is 13.9. The predicted octanol–water partition coefficient (Wildman–Crippen LogP) is 1.97. The molecule has 25 heavy (non-hydrogen) atoms. The molecule has 0 saturated carbocycles. The molecule has 6 nitrogen and oxygen atoms in total. The molecule has 2 aromatic heterocycles. The molecule has 128 valence electrons. The van der Waals surface area contributed by atoms with Gasteiger partial charge in [-0.25, -0.2) is 9.97 Å². The van der Waals surface area contributed by atoms with E-state index in [9.17, 15) is 0 Å². The summed E-state index contributed by atoms with van der Waals surface area (Å²) >= 11 is 0. The van der Waals surface area contributed by atoms with Crippen LogP contribution < -0.4 is 9.97 Å². The third-order valence-electron chi connectivity index (χ3n) is 3.19. The van der Waals surface area contributed by atoms with Crippen LogP contribution in [0.2, 0.25) is 0 Å². The van der Waals surface area contributed by atoms with Crippen molar-refractivity contribution in [3.63, 3.8) is 0 Å². The Kier molecular flexibility index (Phi) is 6.53. The van der Waals surface area contributed by atoms with E-state index in [0.29, 0.717) is 0 Å². The molecule has 4 rings (SSSR count). The second kappa shape index (κ2) is 8.84. The number of nitrogens with one attached hydrogen (secondary N) is 2. The normalized spacial score (nSPS) is 10.3. The summed E-state index contributed by atoms with van der Waals surface area (Å²) in [6.07, 6.45) is 7.86. The minimum Gasteiger partial charge on any atom is -0.759 e. The van der Waals surface area contributed by atoms with Crippen molar-refractivity contribution < 1.29 is 27.5 Å². The van der Waals surface area contributed by atoms with Crippen LogP contribution in [0.25, 0.3) is 21.5 Å².